The van der Waals surface area contributed by atoms with E-state index in [0.717, 1.165) is 17.1 Å². The standard InChI is InChI=1S/C25H20N2S/c1-26-22-14-8-9-15-24(22)28-25-18-21(16-17-23(25)26)27(19-10-4-2-5-11-19)20-12-6-3-7-13-20/h2-18H,1H3. The van der Waals surface area contributed by atoms with Gasteiger partial charge in [-0.3, -0.25) is 0 Å². The molecule has 0 N–H and O–H groups in total. The van der Waals surface area contributed by atoms with E-state index >= 15 is 0 Å². The van der Waals surface area contributed by atoms with Crippen molar-refractivity contribution in [3.63, 3.8) is 0 Å². The fourth-order valence-electron chi connectivity index (χ4n) is 3.67. The monoisotopic (exact) mass is 380 g/mol. The fraction of sp³-hybridized carbons (Fsp3) is 0.0400. The Morgan fingerprint density at radius 1 is 0.571 bits per heavy atom. The Labute approximate surface area is 170 Å². The lowest BCUT2D eigenvalue weighted by Gasteiger charge is -2.31. The molecule has 1 heterocycles. The zero-order valence-corrected chi connectivity index (χ0v) is 16.4. The summed E-state index contributed by atoms with van der Waals surface area (Å²) in [7, 11) is 2.14. The topological polar surface area (TPSA) is 6.48 Å². The zero-order valence-electron chi connectivity index (χ0n) is 15.6. The van der Waals surface area contributed by atoms with Gasteiger partial charge in [0.25, 0.3) is 0 Å². The maximum atomic E-state index is 2.31. The van der Waals surface area contributed by atoms with Crippen molar-refractivity contribution >= 4 is 40.2 Å². The van der Waals surface area contributed by atoms with Crippen LogP contribution in [0.3, 0.4) is 0 Å². The summed E-state index contributed by atoms with van der Waals surface area (Å²) in [6.07, 6.45) is 0. The number of hydrogen-bond donors (Lipinski definition) is 0. The molecule has 0 radical (unpaired) electrons. The summed E-state index contributed by atoms with van der Waals surface area (Å²) in [6, 6.07) is 36.4. The number of nitrogens with zero attached hydrogens (tertiary/aromatic N) is 2. The van der Waals surface area contributed by atoms with Gasteiger partial charge in [-0.15, -0.1) is 0 Å². The average Bonchev–Trinajstić information content (AvgIpc) is 2.76. The van der Waals surface area contributed by atoms with Crippen LogP contribution in [0.1, 0.15) is 0 Å². The summed E-state index contributed by atoms with van der Waals surface area (Å²) in [6.45, 7) is 0. The van der Waals surface area contributed by atoms with E-state index in [9.17, 15) is 0 Å². The summed E-state index contributed by atoms with van der Waals surface area (Å²) in [4.78, 5) is 7.15. The molecule has 5 rings (SSSR count). The van der Waals surface area contributed by atoms with Crippen LogP contribution in [0, 0.1) is 0 Å². The highest BCUT2D eigenvalue weighted by atomic mass is 32.2. The van der Waals surface area contributed by atoms with E-state index in [1.807, 2.05) is 11.8 Å². The van der Waals surface area contributed by atoms with E-state index < -0.39 is 0 Å². The van der Waals surface area contributed by atoms with Gasteiger partial charge in [-0.2, -0.15) is 0 Å². The van der Waals surface area contributed by atoms with Gasteiger partial charge < -0.3 is 9.80 Å². The van der Waals surface area contributed by atoms with Crippen molar-refractivity contribution in [2.75, 3.05) is 16.8 Å². The van der Waals surface area contributed by atoms with E-state index in [0.29, 0.717) is 0 Å². The summed E-state index contributed by atoms with van der Waals surface area (Å²) in [5.41, 5.74) is 5.98. The van der Waals surface area contributed by atoms with Crippen molar-refractivity contribution in [2.45, 2.75) is 9.79 Å². The van der Waals surface area contributed by atoms with Crippen LogP contribution in [0.25, 0.3) is 0 Å². The first-order chi connectivity index (χ1) is 13.8. The van der Waals surface area contributed by atoms with Gasteiger partial charge in [0.1, 0.15) is 0 Å². The third-order valence-corrected chi connectivity index (χ3v) is 6.15. The quantitative estimate of drug-likeness (QED) is 0.366. The Morgan fingerprint density at radius 2 is 1.14 bits per heavy atom. The molecule has 0 aromatic heterocycles. The van der Waals surface area contributed by atoms with E-state index in [-0.39, 0.29) is 0 Å². The highest BCUT2D eigenvalue weighted by molar-refractivity contribution is 7.99. The van der Waals surface area contributed by atoms with Crippen LogP contribution in [0.4, 0.5) is 28.4 Å². The molecule has 3 heteroatoms. The first-order valence-electron chi connectivity index (χ1n) is 9.36. The van der Waals surface area contributed by atoms with Crippen LogP contribution in [0.2, 0.25) is 0 Å². The van der Waals surface area contributed by atoms with Crippen molar-refractivity contribution in [1.82, 2.24) is 0 Å². The number of fused-ring (bicyclic) bond motifs is 2. The third-order valence-electron chi connectivity index (χ3n) is 5.04. The lowest BCUT2D eigenvalue weighted by atomic mass is 10.1. The van der Waals surface area contributed by atoms with Crippen LogP contribution < -0.4 is 9.80 Å². The highest BCUT2D eigenvalue weighted by Crippen LogP contribution is 2.49. The van der Waals surface area contributed by atoms with Crippen molar-refractivity contribution in [1.29, 1.82) is 0 Å². The number of rotatable bonds is 3. The largest absolute Gasteiger partial charge is 0.343 e. The van der Waals surface area contributed by atoms with Crippen LogP contribution in [-0.4, -0.2) is 7.05 Å². The first kappa shape index (κ1) is 17.0. The molecule has 4 aromatic carbocycles. The molecule has 0 amide bonds. The van der Waals surface area contributed by atoms with Crippen LogP contribution in [0.5, 0.6) is 0 Å². The normalized spacial score (nSPS) is 12.2. The predicted octanol–water partition coefficient (Wildman–Crippen LogP) is 7.39. The lowest BCUT2D eigenvalue weighted by molar-refractivity contribution is 1.11. The number of para-hydroxylation sites is 3. The molecule has 0 fully saturated rings. The Hall–Kier alpha value is -3.17. The number of anilines is 5. The molecule has 136 valence electrons. The molecule has 4 aromatic rings. The third kappa shape index (κ3) is 2.94. The summed E-state index contributed by atoms with van der Waals surface area (Å²) < 4.78 is 0. The Morgan fingerprint density at radius 3 is 1.82 bits per heavy atom. The molecule has 2 nitrogen and oxygen atoms in total. The van der Waals surface area contributed by atoms with Crippen LogP contribution in [-0.2, 0) is 0 Å². The summed E-state index contributed by atoms with van der Waals surface area (Å²) in [5.74, 6) is 0. The molecule has 0 unspecified atom stereocenters. The van der Waals surface area contributed by atoms with E-state index in [2.05, 4.69) is 120 Å². The molecule has 1 aliphatic heterocycles. The minimum atomic E-state index is 1.16. The van der Waals surface area contributed by atoms with Gasteiger partial charge in [0.05, 0.1) is 11.4 Å². The zero-order chi connectivity index (χ0) is 18.9. The molecule has 0 saturated heterocycles. The lowest BCUT2D eigenvalue weighted by Crippen LogP contribution is -2.15. The second-order valence-corrected chi connectivity index (χ2v) is 7.87. The smallest absolute Gasteiger partial charge is 0.0551 e. The van der Waals surface area contributed by atoms with Gasteiger partial charge in [0.15, 0.2) is 0 Å². The fourth-order valence-corrected chi connectivity index (χ4v) is 4.85. The molecular formula is C25H20N2S. The number of benzene rings is 4. The molecule has 0 bridgehead atoms. The SMILES string of the molecule is CN1c2ccccc2Sc2cc(N(c3ccccc3)c3ccccc3)ccc21. The Balaban J connectivity index is 1.62. The van der Waals surface area contributed by atoms with Crippen LogP contribution >= 0.6 is 11.8 Å². The molecular weight excluding hydrogens is 360 g/mol. The maximum Gasteiger partial charge on any atom is 0.0551 e. The first-order valence-corrected chi connectivity index (χ1v) is 10.2. The molecule has 1 aliphatic rings. The minimum absolute atomic E-state index is 1.16. The van der Waals surface area contributed by atoms with E-state index in [4.69, 9.17) is 0 Å². The van der Waals surface area contributed by atoms with Crippen molar-refractivity contribution in [2.24, 2.45) is 0 Å². The van der Waals surface area contributed by atoms with Gasteiger partial charge in [-0.1, -0.05) is 60.3 Å². The van der Waals surface area contributed by atoms with Gasteiger partial charge in [-0.05, 0) is 54.6 Å². The second kappa shape index (κ2) is 7.10. The molecule has 28 heavy (non-hydrogen) atoms. The van der Waals surface area contributed by atoms with Gasteiger partial charge in [0.2, 0.25) is 0 Å². The van der Waals surface area contributed by atoms with Crippen molar-refractivity contribution < 1.29 is 0 Å². The van der Waals surface area contributed by atoms with Gasteiger partial charge in [-0.25, -0.2) is 0 Å². The predicted molar refractivity (Wildman–Crippen MR) is 120 cm³/mol. The Kier molecular flexibility index (Phi) is 4.30. The van der Waals surface area contributed by atoms with Crippen LogP contribution in [0.15, 0.2) is 113 Å². The molecule has 0 spiro atoms. The number of hydrogen-bond acceptors (Lipinski definition) is 3. The second-order valence-electron chi connectivity index (χ2n) is 6.79. The molecule has 0 saturated carbocycles. The molecule has 0 atom stereocenters. The van der Waals surface area contributed by atoms with E-state index in [1.54, 1.807) is 0 Å². The molecule has 0 aliphatic carbocycles. The minimum Gasteiger partial charge on any atom is -0.343 e. The Bertz CT molecular complexity index is 1070. The summed E-state index contributed by atoms with van der Waals surface area (Å²) >= 11 is 1.84. The van der Waals surface area contributed by atoms with Crippen molar-refractivity contribution in [3.05, 3.63) is 103 Å². The van der Waals surface area contributed by atoms with Gasteiger partial charge >= 0.3 is 0 Å². The van der Waals surface area contributed by atoms with E-state index in [1.165, 1.54) is 21.2 Å². The highest BCUT2D eigenvalue weighted by Gasteiger charge is 2.22. The van der Waals surface area contributed by atoms with Gasteiger partial charge in [0, 0.05) is 33.9 Å². The average molecular weight is 381 g/mol. The summed E-state index contributed by atoms with van der Waals surface area (Å²) in [5, 5.41) is 0. The maximum absolute atomic E-state index is 2.31. The van der Waals surface area contributed by atoms with Crippen molar-refractivity contribution in [3.8, 4) is 0 Å².